The molecule has 1 atom stereocenters. The standard InChI is InChI=1S/C14H15F5/c1-8(2)12-11-9(6-7-13(12,15)16)4-3-5-10(11)14(17,18)19/h3-5,8,12H,6-7H2,1-2H3. The first-order chi connectivity index (χ1) is 8.64. The van der Waals surface area contributed by atoms with E-state index in [-0.39, 0.29) is 18.4 Å². The van der Waals surface area contributed by atoms with Crippen molar-refractivity contribution in [2.45, 2.75) is 44.7 Å². The zero-order valence-electron chi connectivity index (χ0n) is 10.7. The summed E-state index contributed by atoms with van der Waals surface area (Å²) in [6.45, 7) is 3.08. The highest BCUT2D eigenvalue weighted by molar-refractivity contribution is 5.43. The van der Waals surface area contributed by atoms with Crippen LogP contribution in [0.1, 0.15) is 42.9 Å². The molecule has 0 saturated carbocycles. The molecule has 0 heterocycles. The average molecular weight is 278 g/mol. The predicted molar refractivity (Wildman–Crippen MR) is 62.3 cm³/mol. The summed E-state index contributed by atoms with van der Waals surface area (Å²) in [5.74, 6) is -4.99. The number of fused-ring (bicyclic) bond motifs is 1. The Kier molecular flexibility index (Phi) is 3.35. The number of rotatable bonds is 1. The van der Waals surface area contributed by atoms with Gasteiger partial charge in [-0.2, -0.15) is 13.2 Å². The molecular weight excluding hydrogens is 263 g/mol. The maximum absolute atomic E-state index is 14.0. The summed E-state index contributed by atoms with van der Waals surface area (Å²) in [4.78, 5) is 0. The van der Waals surface area contributed by atoms with Crippen molar-refractivity contribution in [1.82, 2.24) is 0 Å². The lowest BCUT2D eigenvalue weighted by Gasteiger charge is -2.37. The highest BCUT2D eigenvalue weighted by atomic mass is 19.4. The van der Waals surface area contributed by atoms with Crippen molar-refractivity contribution in [2.75, 3.05) is 0 Å². The fraction of sp³-hybridized carbons (Fsp3) is 0.571. The summed E-state index contributed by atoms with van der Waals surface area (Å²) in [5.41, 5.74) is -0.719. The van der Waals surface area contributed by atoms with Crippen LogP contribution in [0.2, 0.25) is 0 Å². The smallest absolute Gasteiger partial charge is 0.206 e. The van der Waals surface area contributed by atoms with E-state index in [0.717, 1.165) is 6.07 Å². The molecule has 1 aromatic rings. The van der Waals surface area contributed by atoms with Crippen LogP contribution >= 0.6 is 0 Å². The quantitative estimate of drug-likeness (QED) is 0.632. The minimum absolute atomic E-state index is 0.00449. The van der Waals surface area contributed by atoms with Gasteiger partial charge in [0.05, 0.1) is 11.5 Å². The molecule has 0 N–H and O–H groups in total. The van der Waals surface area contributed by atoms with Crippen LogP contribution in [0.3, 0.4) is 0 Å². The van der Waals surface area contributed by atoms with Gasteiger partial charge in [0.25, 0.3) is 5.92 Å². The molecule has 1 aliphatic carbocycles. The van der Waals surface area contributed by atoms with Crippen LogP contribution < -0.4 is 0 Å². The van der Waals surface area contributed by atoms with E-state index in [1.165, 1.54) is 12.1 Å². The predicted octanol–water partition coefficient (Wildman–Crippen LogP) is 5.03. The summed E-state index contributed by atoms with van der Waals surface area (Å²) in [6.07, 6.45) is -4.98. The van der Waals surface area contributed by atoms with Crippen LogP contribution in [0, 0.1) is 5.92 Å². The van der Waals surface area contributed by atoms with Gasteiger partial charge in [-0.1, -0.05) is 26.0 Å². The molecule has 0 radical (unpaired) electrons. The first-order valence-corrected chi connectivity index (χ1v) is 6.21. The average Bonchev–Trinajstić information content (AvgIpc) is 2.25. The normalized spacial score (nSPS) is 22.4. The first-order valence-electron chi connectivity index (χ1n) is 6.21. The SMILES string of the molecule is CC(C)C1c2c(cccc2C(F)(F)F)CCC1(F)F. The molecule has 0 aromatic heterocycles. The van der Waals surface area contributed by atoms with E-state index < -0.39 is 29.5 Å². The van der Waals surface area contributed by atoms with Gasteiger partial charge in [0.2, 0.25) is 0 Å². The monoisotopic (exact) mass is 278 g/mol. The highest BCUT2D eigenvalue weighted by Gasteiger charge is 2.49. The van der Waals surface area contributed by atoms with Crippen molar-refractivity contribution < 1.29 is 22.0 Å². The molecule has 0 aliphatic heterocycles. The van der Waals surface area contributed by atoms with Crippen molar-refractivity contribution in [1.29, 1.82) is 0 Å². The minimum Gasteiger partial charge on any atom is -0.206 e. The Morgan fingerprint density at radius 1 is 1.21 bits per heavy atom. The van der Waals surface area contributed by atoms with Crippen LogP contribution in [0.5, 0.6) is 0 Å². The third kappa shape index (κ3) is 2.47. The van der Waals surface area contributed by atoms with Gasteiger partial charge < -0.3 is 0 Å². The molecule has 5 heteroatoms. The van der Waals surface area contributed by atoms with Gasteiger partial charge in [0.15, 0.2) is 0 Å². The molecular formula is C14H15F5. The molecule has 0 spiro atoms. The molecule has 0 fully saturated rings. The van der Waals surface area contributed by atoms with E-state index in [0.29, 0.717) is 5.56 Å². The fourth-order valence-corrected chi connectivity index (χ4v) is 2.93. The zero-order chi connectivity index (χ0) is 14.4. The highest BCUT2D eigenvalue weighted by Crippen LogP contribution is 2.50. The second-order valence-corrected chi connectivity index (χ2v) is 5.36. The lowest BCUT2D eigenvalue weighted by Crippen LogP contribution is -2.36. The fourth-order valence-electron chi connectivity index (χ4n) is 2.93. The van der Waals surface area contributed by atoms with Gasteiger partial charge in [-0.25, -0.2) is 8.78 Å². The van der Waals surface area contributed by atoms with Crippen LogP contribution in [-0.2, 0) is 12.6 Å². The van der Waals surface area contributed by atoms with E-state index in [9.17, 15) is 22.0 Å². The molecule has 0 nitrogen and oxygen atoms in total. The summed E-state index contributed by atoms with van der Waals surface area (Å²) in [6, 6.07) is 3.72. The Hall–Kier alpha value is -1.13. The number of halogens is 5. The van der Waals surface area contributed by atoms with E-state index in [1.54, 1.807) is 13.8 Å². The molecule has 19 heavy (non-hydrogen) atoms. The van der Waals surface area contributed by atoms with Crippen molar-refractivity contribution in [3.8, 4) is 0 Å². The van der Waals surface area contributed by atoms with E-state index in [4.69, 9.17) is 0 Å². The molecule has 2 rings (SSSR count). The minimum atomic E-state index is -4.59. The number of hydrogen-bond donors (Lipinski definition) is 0. The largest absolute Gasteiger partial charge is 0.416 e. The molecule has 0 bridgehead atoms. The van der Waals surface area contributed by atoms with Gasteiger partial charge in [-0.15, -0.1) is 0 Å². The number of benzene rings is 1. The Balaban J connectivity index is 2.67. The number of hydrogen-bond acceptors (Lipinski definition) is 0. The molecule has 1 aliphatic rings. The van der Waals surface area contributed by atoms with Crippen LogP contribution in [-0.4, -0.2) is 5.92 Å². The van der Waals surface area contributed by atoms with E-state index in [2.05, 4.69) is 0 Å². The Morgan fingerprint density at radius 2 is 1.84 bits per heavy atom. The summed E-state index contributed by atoms with van der Waals surface area (Å²) >= 11 is 0. The van der Waals surface area contributed by atoms with Gasteiger partial charge >= 0.3 is 6.18 Å². The molecule has 1 unspecified atom stereocenters. The summed E-state index contributed by atoms with van der Waals surface area (Å²) < 4.78 is 67.1. The lowest BCUT2D eigenvalue weighted by molar-refractivity contribution is -0.140. The molecule has 106 valence electrons. The molecule has 0 saturated heterocycles. The topological polar surface area (TPSA) is 0 Å². The van der Waals surface area contributed by atoms with E-state index in [1.807, 2.05) is 0 Å². The number of alkyl halides is 5. The van der Waals surface area contributed by atoms with Crippen molar-refractivity contribution in [2.24, 2.45) is 5.92 Å². The maximum Gasteiger partial charge on any atom is 0.416 e. The Labute approximate surface area is 108 Å². The Bertz CT molecular complexity index is 473. The first kappa shape index (κ1) is 14.3. The van der Waals surface area contributed by atoms with Gasteiger partial charge in [-0.05, 0) is 29.5 Å². The van der Waals surface area contributed by atoms with Crippen LogP contribution in [0.25, 0.3) is 0 Å². The molecule has 0 amide bonds. The third-order valence-electron chi connectivity index (χ3n) is 3.66. The third-order valence-corrected chi connectivity index (χ3v) is 3.66. The maximum atomic E-state index is 14.0. The lowest BCUT2D eigenvalue weighted by atomic mass is 9.72. The Morgan fingerprint density at radius 3 is 2.37 bits per heavy atom. The molecule has 1 aromatic carbocycles. The van der Waals surface area contributed by atoms with Gasteiger partial charge in [0, 0.05) is 6.42 Å². The van der Waals surface area contributed by atoms with Crippen molar-refractivity contribution in [3.63, 3.8) is 0 Å². The van der Waals surface area contributed by atoms with Crippen molar-refractivity contribution >= 4 is 0 Å². The second-order valence-electron chi connectivity index (χ2n) is 5.36. The van der Waals surface area contributed by atoms with Gasteiger partial charge in [0.1, 0.15) is 0 Å². The zero-order valence-corrected chi connectivity index (χ0v) is 10.7. The summed E-state index contributed by atoms with van der Waals surface area (Å²) in [7, 11) is 0. The second kappa shape index (κ2) is 4.46. The van der Waals surface area contributed by atoms with Crippen LogP contribution in [0.4, 0.5) is 22.0 Å². The van der Waals surface area contributed by atoms with Crippen LogP contribution in [0.15, 0.2) is 18.2 Å². The van der Waals surface area contributed by atoms with Gasteiger partial charge in [-0.3, -0.25) is 0 Å². The number of aryl methyl sites for hydroxylation is 1. The van der Waals surface area contributed by atoms with Crippen molar-refractivity contribution in [3.05, 3.63) is 34.9 Å². The summed E-state index contributed by atoms with van der Waals surface area (Å²) in [5, 5.41) is 0. The van der Waals surface area contributed by atoms with E-state index >= 15 is 0 Å².